The highest BCUT2D eigenvalue weighted by atomic mass is 35.5. The quantitative estimate of drug-likeness (QED) is 0.738. The zero-order chi connectivity index (χ0) is 17.8. The number of hydrogen-bond acceptors (Lipinski definition) is 6. The predicted molar refractivity (Wildman–Crippen MR) is 96.5 cm³/mol. The van der Waals surface area contributed by atoms with Crippen molar-refractivity contribution in [2.45, 2.75) is 13.5 Å². The van der Waals surface area contributed by atoms with Crippen molar-refractivity contribution in [2.75, 3.05) is 6.54 Å². The maximum absolute atomic E-state index is 11.9. The Balaban J connectivity index is 1.90. The summed E-state index contributed by atoms with van der Waals surface area (Å²) in [5.74, 6) is -0.218. The maximum Gasteiger partial charge on any atom is 0.251 e. The number of likely N-dealkylation sites (N-methyl/N-ethyl adjacent to an activating group) is 1. The number of hydrogen-bond donors (Lipinski definition) is 1. The Labute approximate surface area is 152 Å². The summed E-state index contributed by atoms with van der Waals surface area (Å²) in [5, 5.41) is 12.8. The second kappa shape index (κ2) is 7.54. The zero-order valence-corrected chi connectivity index (χ0v) is 14.8. The Morgan fingerprint density at radius 3 is 2.72 bits per heavy atom. The van der Waals surface area contributed by atoms with Crippen LogP contribution >= 0.6 is 22.9 Å². The largest absolute Gasteiger partial charge is 0.355 e. The number of halogens is 1. The molecule has 0 bridgehead atoms. The maximum atomic E-state index is 11.9. The average molecular weight is 376 g/mol. The van der Waals surface area contributed by atoms with Crippen LogP contribution in [0.3, 0.4) is 0 Å². The van der Waals surface area contributed by atoms with Gasteiger partial charge in [-0.15, -0.1) is 10.2 Å². The van der Waals surface area contributed by atoms with Crippen molar-refractivity contribution < 1.29 is 4.79 Å². The van der Waals surface area contributed by atoms with E-state index in [9.17, 15) is 9.59 Å². The Bertz CT molecular complexity index is 969. The van der Waals surface area contributed by atoms with Gasteiger partial charge in [-0.3, -0.25) is 14.6 Å². The normalized spacial score (nSPS) is 10.6. The number of nitrogens with one attached hydrogen (secondary N) is 1. The summed E-state index contributed by atoms with van der Waals surface area (Å²) in [4.78, 5) is 27.7. The molecule has 3 aromatic heterocycles. The molecule has 0 saturated heterocycles. The molecule has 0 saturated carbocycles. The summed E-state index contributed by atoms with van der Waals surface area (Å²) in [6, 6.07) is 4.84. The Morgan fingerprint density at radius 1 is 1.24 bits per heavy atom. The molecule has 3 aromatic rings. The van der Waals surface area contributed by atoms with Crippen LogP contribution in [0.1, 0.15) is 6.92 Å². The summed E-state index contributed by atoms with van der Waals surface area (Å²) >= 11 is 7.30. The number of carbonyl (C=O) groups excluding carboxylic acids is 1. The van der Waals surface area contributed by atoms with Crippen LogP contribution < -0.4 is 10.9 Å². The zero-order valence-electron chi connectivity index (χ0n) is 13.3. The van der Waals surface area contributed by atoms with Crippen LogP contribution in [0.15, 0.2) is 41.6 Å². The van der Waals surface area contributed by atoms with Crippen LogP contribution in [-0.2, 0) is 11.3 Å². The van der Waals surface area contributed by atoms with Gasteiger partial charge in [0.25, 0.3) is 5.56 Å². The molecule has 0 atom stereocenters. The lowest BCUT2D eigenvalue weighted by Gasteiger charge is -2.06. The number of pyridine rings is 2. The molecule has 0 unspecified atom stereocenters. The lowest BCUT2D eigenvalue weighted by molar-refractivity contribution is -0.121. The van der Waals surface area contributed by atoms with Crippen LogP contribution in [0.5, 0.6) is 0 Å². The summed E-state index contributed by atoms with van der Waals surface area (Å²) in [7, 11) is 0. The topological polar surface area (TPSA) is 89.8 Å². The van der Waals surface area contributed by atoms with Crippen LogP contribution in [0.2, 0.25) is 5.02 Å². The molecule has 3 rings (SSSR count). The van der Waals surface area contributed by atoms with E-state index in [-0.39, 0.29) is 18.0 Å². The third-order valence-electron chi connectivity index (χ3n) is 3.30. The highest BCUT2D eigenvalue weighted by Gasteiger charge is 2.11. The smallest absolute Gasteiger partial charge is 0.251 e. The molecule has 1 amide bonds. The molecule has 9 heteroatoms. The SMILES string of the molecule is CCNC(=O)Cn1cc(-c2nnc(-c3cncc(Cl)c3)s2)ccc1=O. The van der Waals surface area contributed by atoms with E-state index < -0.39 is 0 Å². The molecule has 0 fully saturated rings. The van der Waals surface area contributed by atoms with Crippen molar-refractivity contribution in [1.29, 1.82) is 0 Å². The highest BCUT2D eigenvalue weighted by Crippen LogP contribution is 2.29. The Morgan fingerprint density at radius 2 is 2.00 bits per heavy atom. The summed E-state index contributed by atoms with van der Waals surface area (Å²) in [6.07, 6.45) is 4.81. The highest BCUT2D eigenvalue weighted by molar-refractivity contribution is 7.17. The number of nitrogens with zero attached hydrogens (tertiary/aromatic N) is 4. The molecule has 3 heterocycles. The van der Waals surface area contributed by atoms with Crippen LogP contribution in [0.4, 0.5) is 0 Å². The van der Waals surface area contributed by atoms with E-state index in [1.165, 1.54) is 22.0 Å². The lowest BCUT2D eigenvalue weighted by Crippen LogP contribution is -2.31. The molecular formula is C16H14ClN5O2S. The molecule has 0 aromatic carbocycles. The van der Waals surface area contributed by atoms with E-state index in [0.717, 1.165) is 5.56 Å². The molecule has 0 aliphatic heterocycles. The minimum absolute atomic E-state index is 0.0373. The van der Waals surface area contributed by atoms with Crippen molar-refractivity contribution >= 4 is 28.8 Å². The van der Waals surface area contributed by atoms with E-state index in [4.69, 9.17) is 11.6 Å². The van der Waals surface area contributed by atoms with Crippen LogP contribution in [-0.4, -0.2) is 32.2 Å². The van der Waals surface area contributed by atoms with Gasteiger partial charge in [0.2, 0.25) is 5.91 Å². The van der Waals surface area contributed by atoms with Crippen molar-refractivity contribution in [1.82, 2.24) is 25.1 Å². The fraction of sp³-hybridized carbons (Fsp3) is 0.188. The molecule has 25 heavy (non-hydrogen) atoms. The first kappa shape index (κ1) is 17.2. The predicted octanol–water partition coefficient (Wildman–Crippen LogP) is 2.22. The van der Waals surface area contributed by atoms with Gasteiger partial charge in [0.1, 0.15) is 16.6 Å². The monoisotopic (exact) mass is 375 g/mol. The number of amides is 1. The number of carbonyl (C=O) groups is 1. The number of aromatic nitrogens is 4. The minimum Gasteiger partial charge on any atom is -0.355 e. The van der Waals surface area contributed by atoms with Crippen molar-refractivity contribution in [3.05, 3.63) is 52.2 Å². The second-order valence-corrected chi connectivity index (χ2v) is 6.56. The van der Waals surface area contributed by atoms with E-state index in [1.807, 2.05) is 6.92 Å². The standard InChI is InChI=1S/C16H14ClN5O2S/c1-2-19-13(23)9-22-8-10(3-4-14(22)24)15-20-21-16(25-15)11-5-12(17)7-18-6-11/h3-8H,2,9H2,1H3,(H,19,23). The molecule has 1 N–H and O–H groups in total. The average Bonchev–Trinajstić information content (AvgIpc) is 3.07. The first-order valence-corrected chi connectivity index (χ1v) is 8.68. The van der Waals surface area contributed by atoms with E-state index in [0.29, 0.717) is 27.1 Å². The Kier molecular flexibility index (Phi) is 5.20. The molecule has 0 aliphatic carbocycles. The first-order valence-electron chi connectivity index (χ1n) is 7.49. The van der Waals surface area contributed by atoms with Crippen molar-refractivity contribution in [3.8, 4) is 21.1 Å². The summed E-state index contributed by atoms with van der Waals surface area (Å²) < 4.78 is 1.35. The van der Waals surface area contributed by atoms with Gasteiger partial charge < -0.3 is 9.88 Å². The molecule has 0 spiro atoms. The molecular weight excluding hydrogens is 362 g/mol. The number of rotatable bonds is 5. The summed E-state index contributed by atoms with van der Waals surface area (Å²) in [5.41, 5.74) is 1.23. The van der Waals surface area contributed by atoms with Gasteiger partial charge in [0.05, 0.1) is 5.02 Å². The fourth-order valence-corrected chi connectivity index (χ4v) is 3.16. The fourth-order valence-electron chi connectivity index (χ4n) is 2.17. The van der Waals surface area contributed by atoms with Crippen molar-refractivity contribution in [2.24, 2.45) is 0 Å². The van der Waals surface area contributed by atoms with Gasteiger partial charge in [-0.05, 0) is 19.1 Å². The third-order valence-corrected chi connectivity index (χ3v) is 4.52. The lowest BCUT2D eigenvalue weighted by atomic mass is 10.3. The van der Waals surface area contributed by atoms with Gasteiger partial charge in [-0.1, -0.05) is 22.9 Å². The van der Waals surface area contributed by atoms with Crippen molar-refractivity contribution in [3.63, 3.8) is 0 Å². The van der Waals surface area contributed by atoms with Gasteiger partial charge in [-0.25, -0.2) is 0 Å². The molecule has 0 aliphatic rings. The van der Waals surface area contributed by atoms with Gasteiger partial charge in [0, 0.05) is 42.3 Å². The van der Waals surface area contributed by atoms with Crippen LogP contribution in [0, 0.1) is 0 Å². The van der Waals surface area contributed by atoms with E-state index in [2.05, 4.69) is 20.5 Å². The molecule has 7 nitrogen and oxygen atoms in total. The second-order valence-electron chi connectivity index (χ2n) is 5.14. The first-order chi connectivity index (χ1) is 12.1. The minimum atomic E-state index is -0.251. The van der Waals surface area contributed by atoms with E-state index in [1.54, 1.807) is 30.7 Å². The summed E-state index contributed by atoms with van der Waals surface area (Å²) in [6.45, 7) is 2.30. The third kappa shape index (κ3) is 4.09. The van der Waals surface area contributed by atoms with Gasteiger partial charge in [0.15, 0.2) is 0 Å². The van der Waals surface area contributed by atoms with Crippen LogP contribution in [0.25, 0.3) is 21.1 Å². The Hall–Kier alpha value is -2.58. The van der Waals surface area contributed by atoms with Gasteiger partial charge >= 0.3 is 0 Å². The molecule has 0 radical (unpaired) electrons. The molecule has 128 valence electrons. The van der Waals surface area contributed by atoms with E-state index >= 15 is 0 Å². The van der Waals surface area contributed by atoms with Gasteiger partial charge in [-0.2, -0.15) is 0 Å².